The van der Waals surface area contributed by atoms with E-state index in [2.05, 4.69) is 45.9 Å². The van der Waals surface area contributed by atoms with Gasteiger partial charge in [-0.1, -0.05) is 30.3 Å². The smallest absolute Gasteiger partial charge is 0.194 e. The molecule has 0 spiro atoms. The van der Waals surface area contributed by atoms with Crippen LogP contribution in [-0.4, -0.2) is 45.3 Å². The van der Waals surface area contributed by atoms with E-state index in [0.717, 1.165) is 48.3 Å². The minimum atomic E-state index is 0. The molecular weight excluding hydrogens is 495 g/mol. The Kier molecular flexibility index (Phi) is 7.65. The van der Waals surface area contributed by atoms with Crippen LogP contribution in [-0.2, 0) is 13.6 Å². The number of halogens is 1. The molecule has 0 bridgehead atoms. The second-order valence-electron chi connectivity index (χ2n) is 7.06. The summed E-state index contributed by atoms with van der Waals surface area (Å²) in [5.41, 5.74) is 3.49. The van der Waals surface area contributed by atoms with Gasteiger partial charge in [-0.25, -0.2) is 9.98 Å². The molecule has 29 heavy (non-hydrogen) atoms. The third-order valence-corrected chi connectivity index (χ3v) is 5.92. The van der Waals surface area contributed by atoms with Gasteiger partial charge < -0.3 is 10.2 Å². The molecule has 0 amide bonds. The van der Waals surface area contributed by atoms with Gasteiger partial charge in [0, 0.05) is 49.7 Å². The van der Waals surface area contributed by atoms with E-state index in [1.807, 2.05) is 36.1 Å². The van der Waals surface area contributed by atoms with Crippen LogP contribution in [0.1, 0.15) is 30.5 Å². The predicted molar refractivity (Wildman–Crippen MR) is 130 cm³/mol. The lowest BCUT2D eigenvalue weighted by atomic mass is 10.0. The van der Waals surface area contributed by atoms with Gasteiger partial charge in [-0.2, -0.15) is 5.10 Å². The molecular formula is C21H27IN6S. The average Bonchev–Trinajstić information content (AvgIpc) is 3.46. The van der Waals surface area contributed by atoms with E-state index < -0.39 is 0 Å². The molecule has 0 radical (unpaired) electrons. The van der Waals surface area contributed by atoms with Crippen molar-refractivity contribution < 1.29 is 0 Å². The Morgan fingerprint density at radius 3 is 2.86 bits per heavy atom. The van der Waals surface area contributed by atoms with Gasteiger partial charge in [-0.3, -0.25) is 4.68 Å². The first-order chi connectivity index (χ1) is 13.7. The predicted octanol–water partition coefficient (Wildman–Crippen LogP) is 4.12. The fourth-order valence-corrected chi connectivity index (χ4v) is 4.37. The molecule has 1 aliphatic heterocycles. The summed E-state index contributed by atoms with van der Waals surface area (Å²) >= 11 is 1.68. The van der Waals surface area contributed by atoms with Crippen LogP contribution >= 0.6 is 35.3 Å². The van der Waals surface area contributed by atoms with Gasteiger partial charge in [0.05, 0.1) is 18.4 Å². The van der Waals surface area contributed by atoms with Crippen LogP contribution < -0.4 is 5.32 Å². The summed E-state index contributed by atoms with van der Waals surface area (Å²) in [6.07, 6.45) is 5.24. The SMILES string of the molecule is CCNC(=NCc1csc(-c2ccccc2)n1)N1CCC(c2cnn(C)c2)C1.I. The van der Waals surface area contributed by atoms with Gasteiger partial charge in [-0.05, 0) is 18.9 Å². The number of hydrogen-bond donors (Lipinski definition) is 1. The first-order valence-corrected chi connectivity index (χ1v) is 10.6. The highest BCUT2D eigenvalue weighted by atomic mass is 127. The molecule has 1 aromatic carbocycles. The van der Waals surface area contributed by atoms with Gasteiger partial charge in [0.1, 0.15) is 5.01 Å². The van der Waals surface area contributed by atoms with Crippen LogP contribution in [0.5, 0.6) is 0 Å². The zero-order chi connectivity index (χ0) is 19.3. The number of aryl methyl sites for hydroxylation is 1. The van der Waals surface area contributed by atoms with E-state index in [0.29, 0.717) is 12.5 Å². The van der Waals surface area contributed by atoms with Crippen LogP contribution in [0.3, 0.4) is 0 Å². The van der Waals surface area contributed by atoms with Gasteiger partial charge in [0.2, 0.25) is 0 Å². The highest BCUT2D eigenvalue weighted by molar-refractivity contribution is 14.0. The first kappa shape index (κ1) is 21.8. The fraction of sp³-hybridized carbons (Fsp3) is 0.381. The molecule has 0 saturated carbocycles. The monoisotopic (exact) mass is 522 g/mol. The van der Waals surface area contributed by atoms with Gasteiger partial charge in [0.15, 0.2) is 5.96 Å². The number of rotatable bonds is 5. The Morgan fingerprint density at radius 1 is 1.31 bits per heavy atom. The molecule has 1 aliphatic rings. The molecule has 1 fully saturated rings. The van der Waals surface area contributed by atoms with Crippen molar-refractivity contribution in [1.82, 2.24) is 25.0 Å². The zero-order valence-corrected chi connectivity index (χ0v) is 19.9. The molecule has 0 aliphatic carbocycles. The molecule has 2 aromatic heterocycles. The normalized spacial score (nSPS) is 16.7. The average molecular weight is 522 g/mol. The summed E-state index contributed by atoms with van der Waals surface area (Å²) in [5.74, 6) is 1.49. The van der Waals surface area contributed by atoms with Crippen molar-refractivity contribution in [3.8, 4) is 10.6 Å². The molecule has 4 rings (SSSR count). The molecule has 3 heterocycles. The highest BCUT2D eigenvalue weighted by Crippen LogP contribution is 2.27. The maximum Gasteiger partial charge on any atom is 0.194 e. The van der Waals surface area contributed by atoms with Crippen molar-refractivity contribution in [3.05, 3.63) is 59.4 Å². The number of hydrogen-bond acceptors (Lipinski definition) is 4. The lowest BCUT2D eigenvalue weighted by Crippen LogP contribution is -2.40. The number of likely N-dealkylation sites (tertiary alicyclic amines) is 1. The molecule has 1 N–H and O–H groups in total. The van der Waals surface area contributed by atoms with Gasteiger partial charge in [0.25, 0.3) is 0 Å². The summed E-state index contributed by atoms with van der Waals surface area (Å²) in [4.78, 5) is 12.0. The minimum absolute atomic E-state index is 0. The van der Waals surface area contributed by atoms with Crippen molar-refractivity contribution in [2.24, 2.45) is 12.0 Å². The highest BCUT2D eigenvalue weighted by Gasteiger charge is 2.26. The summed E-state index contributed by atoms with van der Waals surface area (Å²) in [6, 6.07) is 10.3. The molecule has 1 saturated heterocycles. The van der Waals surface area contributed by atoms with Crippen LogP contribution in [0.15, 0.2) is 53.1 Å². The molecule has 154 valence electrons. The number of thiazole rings is 1. The van der Waals surface area contributed by atoms with Gasteiger partial charge in [-0.15, -0.1) is 35.3 Å². The summed E-state index contributed by atoms with van der Waals surface area (Å²) in [6.45, 7) is 5.56. The number of aliphatic imine (C=N–C) groups is 1. The van der Waals surface area contributed by atoms with E-state index in [9.17, 15) is 0 Å². The third-order valence-electron chi connectivity index (χ3n) is 4.98. The minimum Gasteiger partial charge on any atom is -0.357 e. The molecule has 1 atom stereocenters. The Balaban J connectivity index is 0.00000240. The Hall–Kier alpha value is -1.94. The Labute approximate surface area is 193 Å². The fourth-order valence-electron chi connectivity index (χ4n) is 3.55. The second-order valence-corrected chi connectivity index (χ2v) is 7.92. The molecule has 6 nitrogen and oxygen atoms in total. The van der Waals surface area contributed by atoms with Crippen molar-refractivity contribution in [2.45, 2.75) is 25.8 Å². The lowest BCUT2D eigenvalue weighted by molar-refractivity contribution is 0.486. The zero-order valence-electron chi connectivity index (χ0n) is 16.8. The number of guanidine groups is 1. The number of nitrogens with one attached hydrogen (secondary N) is 1. The van der Waals surface area contributed by atoms with E-state index in [4.69, 9.17) is 9.98 Å². The Morgan fingerprint density at radius 2 is 2.14 bits per heavy atom. The van der Waals surface area contributed by atoms with Gasteiger partial charge >= 0.3 is 0 Å². The van der Waals surface area contributed by atoms with E-state index >= 15 is 0 Å². The molecule has 3 aromatic rings. The van der Waals surface area contributed by atoms with E-state index in [1.54, 1.807) is 11.3 Å². The van der Waals surface area contributed by atoms with Crippen LogP contribution in [0, 0.1) is 0 Å². The largest absolute Gasteiger partial charge is 0.357 e. The van der Waals surface area contributed by atoms with Crippen LogP contribution in [0.4, 0.5) is 0 Å². The summed E-state index contributed by atoms with van der Waals surface area (Å²) in [7, 11) is 1.97. The number of benzene rings is 1. The second kappa shape index (κ2) is 10.2. The Bertz CT molecular complexity index is 936. The molecule has 1 unspecified atom stereocenters. The number of aromatic nitrogens is 3. The van der Waals surface area contributed by atoms with Crippen molar-refractivity contribution in [2.75, 3.05) is 19.6 Å². The molecule has 8 heteroatoms. The maximum absolute atomic E-state index is 4.86. The summed E-state index contributed by atoms with van der Waals surface area (Å²) < 4.78 is 1.88. The van der Waals surface area contributed by atoms with E-state index in [1.165, 1.54) is 5.56 Å². The van der Waals surface area contributed by atoms with Crippen LogP contribution in [0.2, 0.25) is 0 Å². The van der Waals surface area contributed by atoms with Crippen LogP contribution in [0.25, 0.3) is 10.6 Å². The lowest BCUT2D eigenvalue weighted by Gasteiger charge is -2.21. The van der Waals surface area contributed by atoms with Crippen molar-refractivity contribution >= 4 is 41.3 Å². The number of nitrogens with zero attached hydrogens (tertiary/aromatic N) is 5. The first-order valence-electron chi connectivity index (χ1n) is 9.74. The topological polar surface area (TPSA) is 58.3 Å². The maximum atomic E-state index is 4.86. The van der Waals surface area contributed by atoms with E-state index in [-0.39, 0.29) is 24.0 Å². The quantitative estimate of drug-likeness (QED) is 0.311. The third kappa shape index (κ3) is 5.36. The van der Waals surface area contributed by atoms with Crippen molar-refractivity contribution in [3.63, 3.8) is 0 Å². The standard InChI is InChI=1S/C21H26N6S.HI/c1-3-22-21(27-10-9-17(14-27)18-11-24-26(2)13-18)23-12-19-15-28-20(25-19)16-7-5-4-6-8-16;/h4-8,11,13,15,17H,3,9-10,12,14H2,1-2H3,(H,22,23);1H. The van der Waals surface area contributed by atoms with Crippen molar-refractivity contribution in [1.29, 1.82) is 0 Å². The summed E-state index contributed by atoms with van der Waals surface area (Å²) in [5, 5.41) is 10.9.